The molecule has 1 atom stereocenters. The van der Waals surface area contributed by atoms with Gasteiger partial charge >= 0.3 is 0 Å². The molecular weight excluding hydrogens is 374 g/mol. The number of piperazine rings is 1. The van der Waals surface area contributed by atoms with E-state index in [9.17, 15) is 4.79 Å². The molecule has 0 saturated carbocycles. The fourth-order valence-corrected chi connectivity index (χ4v) is 4.31. The molecule has 5 nitrogen and oxygen atoms in total. The number of amides is 1. The predicted molar refractivity (Wildman–Crippen MR) is 120 cm³/mol. The van der Waals surface area contributed by atoms with E-state index in [4.69, 9.17) is 4.74 Å². The fourth-order valence-electron chi connectivity index (χ4n) is 4.31. The molecule has 0 bridgehead atoms. The van der Waals surface area contributed by atoms with Crippen LogP contribution in [0.2, 0.25) is 0 Å². The first-order valence-electron chi connectivity index (χ1n) is 11.1. The van der Waals surface area contributed by atoms with E-state index in [0.29, 0.717) is 19.1 Å². The zero-order valence-corrected chi connectivity index (χ0v) is 18.1. The number of nitrogens with zero attached hydrogens (tertiary/aromatic N) is 2. The third-order valence-electron chi connectivity index (χ3n) is 6.18. The number of hydrogen-bond acceptors (Lipinski definition) is 4. The fraction of sp³-hybridized carbons (Fsp3) is 0.480. The van der Waals surface area contributed by atoms with Gasteiger partial charge in [0.2, 0.25) is 5.91 Å². The Kier molecular flexibility index (Phi) is 6.70. The monoisotopic (exact) mass is 407 g/mol. The Hall–Kier alpha value is -2.37. The number of benzene rings is 2. The summed E-state index contributed by atoms with van der Waals surface area (Å²) in [5, 5.41) is 3.21. The summed E-state index contributed by atoms with van der Waals surface area (Å²) in [6, 6.07) is 17.0. The van der Waals surface area contributed by atoms with E-state index in [0.717, 1.165) is 50.5 Å². The first-order valence-corrected chi connectivity index (χ1v) is 11.1. The smallest absolute Gasteiger partial charge is 0.234 e. The lowest BCUT2D eigenvalue weighted by Gasteiger charge is -2.35. The normalized spacial score (nSPS) is 19.9. The Morgan fingerprint density at radius 1 is 1.03 bits per heavy atom. The maximum Gasteiger partial charge on any atom is 0.234 e. The van der Waals surface area contributed by atoms with Crippen molar-refractivity contribution >= 4 is 5.91 Å². The third kappa shape index (κ3) is 5.21. The van der Waals surface area contributed by atoms with Gasteiger partial charge in [-0.15, -0.1) is 0 Å². The van der Waals surface area contributed by atoms with Crippen LogP contribution in [0.4, 0.5) is 0 Å². The number of ether oxygens (including phenoxy) is 1. The van der Waals surface area contributed by atoms with Gasteiger partial charge in [0, 0.05) is 44.7 Å². The van der Waals surface area contributed by atoms with E-state index in [1.807, 2.05) is 24.3 Å². The summed E-state index contributed by atoms with van der Waals surface area (Å²) in [5.41, 5.74) is 3.84. The van der Waals surface area contributed by atoms with Gasteiger partial charge in [-0.2, -0.15) is 0 Å². The van der Waals surface area contributed by atoms with E-state index >= 15 is 0 Å². The molecule has 2 aromatic carbocycles. The van der Waals surface area contributed by atoms with Crippen LogP contribution in [-0.4, -0.2) is 55.0 Å². The lowest BCUT2D eigenvalue weighted by atomic mass is 10.0. The van der Waals surface area contributed by atoms with Gasteiger partial charge < -0.3 is 10.1 Å². The summed E-state index contributed by atoms with van der Waals surface area (Å²) in [7, 11) is 0. The minimum Gasteiger partial charge on any atom is -0.493 e. The summed E-state index contributed by atoms with van der Waals surface area (Å²) in [6.45, 7) is 10.4. The van der Waals surface area contributed by atoms with Crippen molar-refractivity contribution < 1.29 is 9.53 Å². The maximum absolute atomic E-state index is 12.6. The highest BCUT2D eigenvalue weighted by Crippen LogP contribution is 2.31. The number of fused-ring (bicyclic) bond motifs is 1. The summed E-state index contributed by atoms with van der Waals surface area (Å²) < 4.78 is 5.70. The first-order chi connectivity index (χ1) is 14.6. The molecule has 0 radical (unpaired) electrons. The van der Waals surface area contributed by atoms with E-state index in [1.54, 1.807) is 0 Å². The van der Waals surface area contributed by atoms with Crippen molar-refractivity contribution in [3.05, 3.63) is 65.2 Å². The van der Waals surface area contributed by atoms with Gasteiger partial charge in [0.1, 0.15) is 5.75 Å². The first kappa shape index (κ1) is 20.9. The molecule has 2 aromatic rings. The molecule has 2 heterocycles. The number of hydrogen-bond donors (Lipinski definition) is 1. The molecular formula is C25H33N3O2. The number of para-hydroxylation sites is 1. The van der Waals surface area contributed by atoms with Crippen LogP contribution < -0.4 is 10.1 Å². The second kappa shape index (κ2) is 9.63. The molecule has 1 fully saturated rings. The highest BCUT2D eigenvalue weighted by atomic mass is 16.5. The number of nitrogens with one attached hydrogen (secondary N) is 1. The average Bonchev–Trinajstić information content (AvgIpc) is 2.76. The number of carbonyl (C=O) groups excluding carboxylic acids is 1. The molecule has 160 valence electrons. The SMILES string of the molecule is CC(C)c1ccc(CN2CCN(CC(=O)NC3CCOc4ccccc43)CC2)cc1. The second-order valence-corrected chi connectivity index (χ2v) is 8.74. The molecule has 1 amide bonds. The lowest BCUT2D eigenvalue weighted by molar-refractivity contribution is -0.123. The van der Waals surface area contributed by atoms with Crippen molar-refractivity contribution in [3.63, 3.8) is 0 Å². The van der Waals surface area contributed by atoms with Crippen molar-refractivity contribution in [2.75, 3.05) is 39.3 Å². The summed E-state index contributed by atoms with van der Waals surface area (Å²) >= 11 is 0. The van der Waals surface area contributed by atoms with Gasteiger partial charge in [-0.05, 0) is 23.1 Å². The molecule has 0 spiro atoms. The van der Waals surface area contributed by atoms with Crippen LogP contribution in [0.1, 0.15) is 48.9 Å². The molecule has 30 heavy (non-hydrogen) atoms. The van der Waals surface area contributed by atoms with Gasteiger partial charge in [0.05, 0.1) is 19.2 Å². The van der Waals surface area contributed by atoms with Crippen molar-refractivity contribution in [2.45, 2.75) is 38.8 Å². The Bertz CT molecular complexity index is 842. The Labute approximate surface area is 180 Å². The second-order valence-electron chi connectivity index (χ2n) is 8.74. The topological polar surface area (TPSA) is 44.8 Å². The zero-order valence-electron chi connectivity index (χ0n) is 18.1. The molecule has 2 aliphatic heterocycles. The molecule has 2 aliphatic rings. The number of rotatable bonds is 6. The minimum atomic E-state index is 0.0533. The average molecular weight is 408 g/mol. The molecule has 5 heteroatoms. The van der Waals surface area contributed by atoms with Crippen LogP contribution in [0.3, 0.4) is 0 Å². The molecule has 1 saturated heterocycles. The van der Waals surface area contributed by atoms with E-state index in [2.05, 4.69) is 53.2 Å². The summed E-state index contributed by atoms with van der Waals surface area (Å²) in [4.78, 5) is 17.4. The highest BCUT2D eigenvalue weighted by Gasteiger charge is 2.24. The highest BCUT2D eigenvalue weighted by molar-refractivity contribution is 5.78. The van der Waals surface area contributed by atoms with Gasteiger partial charge in [0.15, 0.2) is 0 Å². The molecule has 1 N–H and O–H groups in total. The van der Waals surface area contributed by atoms with Crippen LogP contribution in [0.15, 0.2) is 48.5 Å². The van der Waals surface area contributed by atoms with Gasteiger partial charge in [-0.1, -0.05) is 56.3 Å². The van der Waals surface area contributed by atoms with Gasteiger partial charge in [0.25, 0.3) is 0 Å². The Morgan fingerprint density at radius 3 is 2.47 bits per heavy atom. The van der Waals surface area contributed by atoms with Crippen LogP contribution in [-0.2, 0) is 11.3 Å². The molecule has 1 unspecified atom stereocenters. The molecule has 0 aliphatic carbocycles. The van der Waals surface area contributed by atoms with E-state index in [-0.39, 0.29) is 11.9 Å². The van der Waals surface area contributed by atoms with Crippen LogP contribution in [0.5, 0.6) is 5.75 Å². The molecule has 4 rings (SSSR count). The van der Waals surface area contributed by atoms with Gasteiger partial charge in [-0.25, -0.2) is 0 Å². The van der Waals surface area contributed by atoms with Crippen molar-refractivity contribution in [3.8, 4) is 5.75 Å². The third-order valence-corrected chi connectivity index (χ3v) is 6.18. The summed E-state index contributed by atoms with van der Waals surface area (Å²) in [6.07, 6.45) is 0.826. The maximum atomic E-state index is 12.6. The van der Waals surface area contributed by atoms with E-state index in [1.165, 1.54) is 11.1 Å². The van der Waals surface area contributed by atoms with Crippen LogP contribution in [0.25, 0.3) is 0 Å². The van der Waals surface area contributed by atoms with E-state index < -0.39 is 0 Å². The van der Waals surface area contributed by atoms with Crippen LogP contribution in [0, 0.1) is 0 Å². The Balaban J connectivity index is 1.22. The predicted octanol–water partition coefficient (Wildman–Crippen LogP) is 3.57. The largest absolute Gasteiger partial charge is 0.493 e. The zero-order chi connectivity index (χ0) is 20.9. The van der Waals surface area contributed by atoms with Gasteiger partial charge in [-0.3, -0.25) is 14.6 Å². The lowest BCUT2D eigenvalue weighted by Crippen LogP contribution is -2.49. The molecule has 0 aromatic heterocycles. The summed E-state index contributed by atoms with van der Waals surface area (Å²) in [5.74, 6) is 1.57. The quantitative estimate of drug-likeness (QED) is 0.795. The number of carbonyl (C=O) groups is 1. The Morgan fingerprint density at radius 2 is 1.73 bits per heavy atom. The van der Waals surface area contributed by atoms with Crippen LogP contribution >= 0.6 is 0 Å². The van der Waals surface area contributed by atoms with Crippen molar-refractivity contribution in [1.82, 2.24) is 15.1 Å². The van der Waals surface area contributed by atoms with Crippen molar-refractivity contribution in [1.29, 1.82) is 0 Å². The standard InChI is InChI=1S/C25H33N3O2/c1-19(2)21-9-7-20(8-10-21)17-27-12-14-28(15-13-27)18-25(29)26-23-11-16-30-24-6-4-3-5-22(23)24/h3-10,19,23H,11-18H2,1-2H3,(H,26,29). The van der Waals surface area contributed by atoms with Crippen molar-refractivity contribution in [2.24, 2.45) is 0 Å². The minimum absolute atomic E-state index is 0.0533.